The lowest BCUT2D eigenvalue weighted by Gasteiger charge is -2.15. The minimum Gasteiger partial charge on any atom is -0.480 e. The van der Waals surface area contributed by atoms with E-state index in [4.69, 9.17) is 5.11 Å². The molecular weight excluding hydrogens is 307 g/mol. The van der Waals surface area contributed by atoms with Gasteiger partial charge in [-0.3, -0.25) is 4.79 Å². The van der Waals surface area contributed by atoms with Crippen molar-refractivity contribution in [3.8, 4) is 0 Å². The summed E-state index contributed by atoms with van der Waals surface area (Å²) >= 11 is 3.20. The lowest BCUT2D eigenvalue weighted by Crippen LogP contribution is -2.44. The summed E-state index contributed by atoms with van der Waals surface area (Å²) in [5.74, 6) is -2.04. The van der Waals surface area contributed by atoms with Crippen molar-refractivity contribution in [1.82, 2.24) is 5.32 Å². The second-order valence-electron chi connectivity index (χ2n) is 3.60. The van der Waals surface area contributed by atoms with Gasteiger partial charge in [0.15, 0.2) is 0 Å². The number of anilines is 1. The number of rotatable bonds is 5. The topological polar surface area (TPSA) is 78.4 Å². The van der Waals surface area contributed by atoms with Crippen LogP contribution in [0.15, 0.2) is 22.7 Å². The zero-order valence-electron chi connectivity index (χ0n) is 9.54. The minimum atomic E-state index is -1.16. The van der Waals surface area contributed by atoms with E-state index in [1.807, 2.05) is 0 Å². The Labute approximate surface area is 112 Å². The number of carbonyl (C=O) groups is 2. The van der Waals surface area contributed by atoms with Crippen molar-refractivity contribution < 1.29 is 19.1 Å². The molecule has 0 heterocycles. The largest absolute Gasteiger partial charge is 0.480 e. The summed E-state index contributed by atoms with van der Waals surface area (Å²) in [5.41, 5.74) is 0.423. The number of aliphatic carboxylic acids is 1. The summed E-state index contributed by atoms with van der Waals surface area (Å²) in [4.78, 5) is 21.7. The molecule has 0 saturated heterocycles. The van der Waals surface area contributed by atoms with Crippen LogP contribution in [-0.2, 0) is 9.59 Å². The molecule has 0 aromatic heterocycles. The van der Waals surface area contributed by atoms with Gasteiger partial charge in [-0.25, -0.2) is 9.18 Å². The summed E-state index contributed by atoms with van der Waals surface area (Å²) in [7, 11) is 0. The SMILES string of the molecule is CC(=O)NC(CNc1cc(F)ccc1Br)C(=O)O. The van der Waals surface area contributed by atoms with E-state index in [2.05, 4.69) is 26.6 Å². The number of carbonyl (C=O) groups excluding carboxylic acids is 1. The molecule has 7 heteroatoms. The summed E-state index contributed by atoms with van der Waals surface area (Å²) < 4.78 is 13.6. The van der Waals surface area contributed by atoms with Crippen molar-refractivity contribution in [3.05, 3.63) is 28.5 Å². The summed E-state index contributed by atoms with van der Waals surface area (Å²) in [6.45, 7) is 1.19. The quantitative estimate of drug-likeness (QED) is 0.770. The van der Waals surface area contributed by atoms with Gasteiger partial charge in [0.2, 0.25) is 5.91 Å². The lowest BCUT2D eigenvalue weighted by atomic mass is 10.2. The van der Waals surface area contributed by atoms with E-state index in [9.17, 15) is 14.0 Å². The van der Waals surface area contributed by atoms with Gasteiger partial charge in [-0.1, -0.05) is 0 Å². The molecule has 0 aliphatic carbocycles. The van der Waals surface area contributed by atoms with Crippen LogP contribution in [0.2, 0.25) is 0 Å². The first kappa shape index (κ1) is 14.4. The van der Waals surface area contributed by atoms with Crippen LogP contribution in [0.3, 0.4) is 0 Å². The molecule has 18 heavy (non-hydrogen) atoms. The van der Waals surface area contributed by atoms with Crippen molar-refractivity contribution in [1.29, 1.82) is 0 Å². The van der Waals surface area contributed by atoms with Crippen LogP contribution in [-0.4, -0.2) is 29.6 Å². The third kappa shape index (κ3) is 4.33. The van der Waals surface area contributed by atoms with Gasteiger partial charge in [0, 0.05) is 17.9 Å². The van der Waals surface area contributed by atoms with Gasteiger partial charge >= 0.3 is 5.97 Å². The molecule has 0 aliphatic rings. The van der Waals surface area contributed by atoms with Crippen molar-refractivity contribution in [2.75, 3.05) is 11.9 Å². The van der Waals surface area contributed by atoms with Crippen molar-refractivity contribution in [3.63, 3.8) is 0 Å². The fourth-order valence-corrected chi connectivity index (χ4v) is 1.68. The predicted octanol–water partition coefficient (Wildman–Crippen LogP) is 1.59. The number of amides is 1. The van der Waals surface area contributed by atoms with Crippen molar-refractivity contribution >= 4 is 33.5 Å². The molecule has 0 saturated carbocycles. The van der Waals surface area contributed by atoms with Gasteiger partial charge in [-0.05, 0) is 34.1 Å². The second-order valence-corrected chi connectivity index (χ2v) is 4.45. The molecule has 0 spiro atoms. The first-order valence-electron chi connectivity index (χ1n) is 5.09. The van der Waals surface area contributed by atoms with Gasteiger partial charge < -0.3 is 15.7 Å². The number of halogens is 2. The van der Waals surface area contributed by atoms with E-state index in [-0.39, 0.29) is 6.54 Å². The fourth-order valence-electron chi connectivity index (χ4n) is 1.29. The molecule has 1 aromatic carbocycles. The molecule has 0 bridgehead atoms. The highest BCUT2D eigenvalue weighted by Gasteiger charge is 2.18. The predicted molar refractivity (Wildman–Crippen MR) is 67.8 cm³/mol. The lowest BCUT2D eigenvalue weighted by molar-refractivity contribution is -0.141. The highest BCUT2D eigenvalue weighted by Crippen LogP contribution is 2.22. The molecule has 3 N–H and O–H groups in total. The van der Waals surface area contributed by atoms with Crippen LogP contribution in [0.5, 0.6) is 0 Å². The Hall–Kier alpha value is -1.63. The van der Waals surface area contributed by atoms with Crippen LogP contribution < -0.4 is 10.6 Å². The second kappa shape index (κ2) is 6.34. The maximum atomic E-state index is 13.0. The average Bonchev–Trinajstić information content (AvgIpc) is 2.27. The van der Waals surface area contributed by atoms with E-state index in [0.717, 1.165) is 0 Å². The zero-order valence-corrected chi connectivity index (χ0v) is 11.1. The summed E-state index contributed by atoms with van der Waals surface area (Å²) in [6, 6.07) is 2.94. The smallest absolute Gasteiger partial charge is 0.328 e. The molecular formula is C11H12BrFN2O3. The van der Waals surface area contributed by atoms with Gasteiger partial charge in [0.25, 0.3) is 0 Å². The zero-order chi connectivity index (χ0) is 13.7. The summed E-state index contributed by atoms with van der Waals surface area (Å²) in [5, 5.41) is 13.9. The van der Waals surface area contributed by atoms with E-state index in [1.165, 1.54) is 25.1 Å². The Morgan fingerprint density at radius 2 is 2.17 bits per heavy atom. The molecule has 1 rings (SSSR count). The molecule has 5 nitrogen and oxygen atoms in total. The van der Waals surface area contributed by atoms with Gasteiger partial charge in [0.1, 0.15) is 11.9 Å². The molecule has 0 fully saturated rings. The maximum absolute atomic E-state index is 13.0. The van der Waals surface area contributed by atoms with Crippen LogP contribution >= 0.6 is 15.9 Å². The Morgan fingerprint density at radius 3 is 2.72 bits per heavy atom. The molecule has 0 radical (unpaired) electrons. The third-order valence-corrected chi connectivity index (χ3v) is 2.79. The van der Waals surface area contributed by atoms with E-state index in [1.54, 1.807) is 0 Å². The molecule has 1 unspecified atom stereocenters. The molecule has 1 atom stereocenters. The van der Waals surface area contributed by atoms with Gasteiger partial charge in [-0.15, -0.1) is 0 Å². The van der Waals surface area contributed by atoms with E-state index < -0.39 is 23.7 Å². The molecule has 98 valence electrons. The molecule has 1 aromatic rings. The molecule has 0 aliphatic heterocycles. The van der Waals surface area contributed by atoms with Gasteiger partial charge in [0.05, 0.1) is 5.69 Å². The number of hydrogen-bond acceptors (Lipinski definition) is 3. The van der Waals surface area contributed by atoms with Crippen molar-refractivity contribution in [2.24, 2.45) is 0 Å². The maximum Gasteiger partial charge on any atom is 0.328 e. The monoisotopic (exact) mass is 318 g/mol. The highest BCUT2D eigenvalue weighted by molar-refractivity contribution is 9.10. The Bertz CT molecular complexity index is 468. The number of nitrogens with one attached hydrogen (secondary N) is 2. The van der Waals surface area contributed by atoms with Crippen LogP contribution in [0.25, 0.3) is 0 Å². The fraction of sp³-hybridized carbons (Fsp3) is 0.273. The number of hydrogen-bond donors (Lipinski definition) is 3. The third-order valence-electron chi connectivity index (χ3n) is 2.10. The Morgan fingerprint density at radius 1 is 1.50 bits per heavy atom. The van der Waals surface area contributed by atoms with Crippen molar-refractivity contribution in [2.45, 2.75) is 13.0 Å². The van der Waals surface area contributed by atoms with E-state index in [0.29, 0.717) is 10.2 Å². The molecule has 1 amide bonds. The van der Waals surface area contributed by atoms with Crippen LogP contribution in [0.1, 0.15) is 6.92 Å². The first-order valence-corrected chi connectivity index (χ1v) is 5.88. The normalized spacial score (nSPS) is 11.7. The van der Waals surface area contributed by atoms with Gasteiger partial charge in [-0.2, -0.15) is 0 Å². The van der Waals surface area contributed by atoms with Crippen LogP contribution in [0, 0.1) is 5.82 Å². The van der Waals surface area contributed by atoms with E-state index >= 15 is 0 Å². The average molecular weight is 319 g/mol. The van der Waals surface area contributed by atoms with Crippen LogP contribution in [0.4, 0.5) is 10.1 Å². The summed E-state index contributed by atoms with van der Waals surface area (Å²) in [6.07, 6.45) is 0. The Balaban J connectivity index is 2.69. The minimum absolute atomic E-state index is 0.0447. The number of benzene rings is 1. The number of carboxylic acids is 1. The Kier molecular flexibility index (Phi) is 5.08. The number of carboxylic acid groups (broad SMARTS) is 1. The standard InChI is InChI=1S/C11H12BrFN2O3/c1-6(16)15-10(11(17)18)5-14-9-4-7(13)2-3-8(9)12/h2-4,10,14H,5H2,1H3,(H,15,16)(H,17,18). The first-order chi connectivity index (χ1) is 8.40. The highest BCUT2D eigenvalue weighted by atomic mass is 79.9.